The van der Waals surface area contributed by atoms with Gasteiger partial charge in [-0.2, -0.15) is 0 Å². The van der Waals surface area contributed by atoms with Gasteiger partial charge in [0.15, 0.2) is 6.23 Å². The Morgan fingerprint density at radius 3 is 2.48 bits per heavy atom. The topological polar surface area (TPSA) is 196 Å². The first kappa shape index (κ1) is 21.1. The second-order valence-electron chi connectivity index (χ2n) is 6.06. The van der Waals surface area contributed by atoms with Gasteiger partial charge in [-0.1, -0.05) is 0 Å². The summed E-state index contributed by atoms with van der Waals surface area (Å²) in [5.41, 5.74) is -1.75. The van der Waals surface area contributed by atoms with Gasteiger partial charge in [-0.05, 0) is 13.8 Å². The van der Waals surface area contributed by atoms with Gasteiger partial charge < -0.3 is 24.2 Å². The molecule has 0 aliphatic carbocycles. The van der Waals surface area contributed by atoms with Crippen molar-refractivity contribution in [3.8, 4) is 0 Å². The van der Waals surface area contributed by atoms with Crippen LogP contribution >= 0.6 is 15.6 Å². The van der Waals surface area contributed by atoms with Gasteiger partial charge in [-0.25, -0.2) is 13.9 Å². The van der Waals surface area contributed by atoms with Crippen molar-refractivity contribution in [3.05, 3.63) is 33.1 Å². The zero-order valence-electron chi connectivity index (χ0n) is 17.4. The number of hydrogen-bond acceptors (Lipinski definition) is 9. The van der Waals surface area contributed by atoms with Crippen molar-refractivity contribution in [2.24, 2.45) is 0 Å². The van der Waals surface area contributed by atoms with Gasteiger partial charge in [-0.15, -0.1) is 0 Å². The lowest BCUT2D eigenvalue weighted by Gasteiger charge is -2.25. The molecule has 166 valence electrons. The Morgan fingerprint density at radius 2 is 1.97 bits per heavy atom. The van der Waals surface area contributed by atoms with E-state index in [1.807, 2.05) is 4.98 Å². The second kappa shape index (κ2) is 9.31. The molecule has 2 rings (SSSR count). The van der Waals surface area contributed by atoms with Gasteiger partial charge in [0.2, 0.25) is 0 Å². The maximum Gasteiger partial charge on any atom is 0.472 e. The van der Waals surface area contributed by atoms with E-state index in [9.17, 15) is 23.6 Å². The molecule has 29 heavy (non-hydrogen) atoms. The number of ether oxygens (including phenoxy) is 2. The van der Waals surface area contributed by atoms with E-state index in [0.29, 0.717) is 0 Å². The average molecular weight is 462 g/mol. The minimum atomic E-state index is -5.41. The molecule has 1 fully saturated rings. The summed E-state index contributed by atoms with van der Waals surface area (Å²) in [5, 5.41) is 0. The molecule has 1 aromatic rings. The summed E-state index contributed by atoms with van der Waals surface area (Å²) in [6, 6.07) is 0.945. The predicted octanol–water partition coefficient (Wildman–Crippen LogP) is -0.531. The number of H-pyrrole nitrogens is 1. The van der Waals surface area contributed by atoms with Crippen LogP contribution in [0.25, 0.3) is 0 Å². The molecular weight excluding hydrogens is 438 g/mol. The Hall–Kier alpha value is -1.18. The maximum absolute atomic E-state index is 12.3. The van der Waals surface area contributed by atoms with Crippen LogP contribution in [0.3, 0.4) is 0 Å². The number of rotatable bonds is 9. The van der Waals surface area contributed by atoms with Gasteiger partial charge in [0.05, 0.1) is 15.4 Å². The van der Waals surface area contributed by atoms with Gasteiger partial charge in [0.25, 0.3) is 5.56 Å². The average Bonchev–Trinajstić information content (AvgIpc) is 2.89. The van der Waals surface area contributed by atoms with Crippen LogP contribution in [-0.2, 0) is 32.2 Å². The monoisotopic (exact) mass is 462 g/mol. The Bertz CT molecular complexity index is 991. The van der Waals surface area contributed by atoms with E-state index in [1.54, 1.807) is 0 Å². The Labute approximate surface area is 167 Å². The largest absolute Gasteiger partial charge is 0.472 e. The van der Waals surface area contributed by atoms with E-state index in [0.717, 1.165) is 23.9 Å². The lowest BCUT2D eigenvalue weighted by molar-refractivity contribution is -0.0620. The van der Waals surface area contributed by atoms with E-state index in [-0.39, 0.29) is 0 Å². The first-order chi connectivity index (χ1) is 14.1. The molecule has 5 atom stereocenters. The molecule has 2 unspecified atom stereocenters. The van der Waals surface area contributed by atoms with Crippen molar-refractivity contribution in [1.82, 2.24) is 9.55 Å². The zero-order chi connectivity index (χ0) is 23.8. The molecule has 1 aliphatic rings. The quantitative estimate of drug-likeness (QED) is 0.343. The molecule has 0 spiro atoms. The summed E-state index contributed by atoms with van der Waals surface area (Å²) >= 11 is 0. The minimum Gasteiger partial charge on any atom is -0.374 e. The molecule has 1 aliphatic heterocycles. The highest BCUT2D eigenvalue weighted by atomic mass is 31.2. The second-order valence-corrected chi connectivity index (χ2v) is 8.58. The molecule has 0 aromatic carbocycles. The number of nitrogens with one attached hydrogen (secondary N) is 1. The third-order valence-electron chi connectivity index (χ3n) is 3.47. The molecule has 14 nitrogen and oxygen atoms in total. The molecule has 4 N–H and O–H groups in total. The number of methoxy groups -OCH3 is 1. The Kier molecular flexibility index (Phi) is 6.76. The van der Waals surface area contributed by atoms with Crippen molar-refractivity contribution in [1.29, 1.82) is 0 Å². The van der Waals surface area contributed by atoms with Gasteiger partial charge in [-0.3, -0.25) is 27.9 Å². The summed E-state index contributed by atoms with van der Waals surface area (Å²) in [7, 11) is -9.19. The van der Waals surface area contributed by atoms with Crippen LogP contribution in [0.4, 0.5) is 0 Å². The number of nitrogens with zero attached hydrogens (tertiary/aromatic N) is 1. The van der Waals surface area contributed by atoms with Crippen LogP contribution in [0.15, 0.2) is 21.9 Å². The van der Waals surface area contributed by atoms with Crippen molar-refractivity contribution in [3.63, 3.8) is 0 Å². The van der Waals surface area contributed by atoms with Crippen LogP contribution in [-0.4, -0.2) is 62.3 Å². The third kappa shape index (κ3) is 6.66. The number of aromatic nitrogens is 2. The van der Waals surface area contributed by atoms with E-state index in [4.69, 9.17) is 31.0 Å². The smallest absolute Gasteiger partial charge is 0.374 e. The summed E-state index contributed by atoms with van der Waals surface area (Å²) in [4.78, 5) is 53.5. The minimum absolute atomic E-state index is 0.747. The fourth-order valence-electron chi connectivity index (χ4n) is 2.52. The van der Waals surface area contributed by atoms with Crippen molar-refractivity contribution < 1.29 is 49.6 Å². The first-order valence-corrected chi connectivity index (χ1v) is 11.0. The molecule has 1 saturated heterocycles. The third-order valence-corrected chi connectivity index (χ3v) is 5.01. The molecular formula is C13H22N2O12P2. The molecule has 0 bridgehead atoms. The molecule has 1 aromatic heterocycles. The van der Waals surface area contributed by atoms with E-state index >= 15 is 0 Å². The molecule has 2 heterocycles. The SMILES string of the molecule is [2H]C([2H])(OP(=O)(O)O)[C@H]1O[C@@H](n2ccc(=O)[nH]c2=O)[C@@H](OC)C1OP(=O)(O)OC(C)C. The summed E-state index contributed by atoms with van der Waals surface area (Å²) < 4.78 is 64.6. The van der Waals surface area contributed by atoms with Crippen molar-refractivity contribution in [2.75, 3.05) is 13.7 Å². The summed E-state index contributed by atoms with van der Waals surface area (Å²) in [5.74, 6) is 0. The number of aromatic amines is 1. The number of hydrogen-bond donors (Lipinski definition) is 4. The lowest BCUT2D eigenvalue weighted by atomic mass is 10.1. The maximum atomic E-state index is 12.3. The lowest BCUT2D eigenvalue weighted by Crippen LogP contribution is -2.40. The number of phosphoric ester groups is 2. The standard InChI is InChI=1S/C13H22N2O12P2/c1-7(2)26-29(21,22)27-10-8(6-24-28(18,19)20)25-12(11(10)23-3)15-5-4-9(16)14-13(15)17/h4-5,7-8,10-12H,6H2,1-3H3,(H,21,22)(H,14,16,17)(H2,18,19,20)/t8-,10?,11+,12-/m1/s1/i6D2. The highest BCUT2D eigenvalue weighted by Gasteiger charge is 2.51. The molecule has 16 heteroatoms. The van der Waals surface area contributed by atoms with Gasteiger partial charge >= 0.3 is 21.3 Å². The van der Waals surface area contributed by atoms with Gasteiger partial charge in [0.1, 0.15) is 18.3 Å². The van der Waals surface area contributed by atoms with E-state index in [1.165, 1.54) is 13.8 Å². The summed E-state index contributed by atoms with van der Waals surface area (Å²) in [6.45, 7) is -0.456. The Balaban J connectivity index is 2.53. The molecule has 0 saturated carbocycles. The Morgan fingerprint density at radius 1 is 1.31 bits per heavy atom. The molecule has 0 radical (unpaired) electrons. The van der Waals surface area contributed by atoms with Crippen LogP contribution in [0.2, 0.25) is 0 Å². The molecule has 0 amide bonds. The van der Waals surface area contributed by atoms with Crippen molar-refractivity contribution >= 4 is 15.6 Å². The highest BCUT2D eigenvalue weighted by molar-refractivity contribution is 7.47. The fraction of sp³-hybridized carbons (Fsp3) is 0.692. The number of phosphoric acid groups is 2. The first-order valence-electron chi connectivity index (χ1n) is 9.02. The van der Waals surface area contributed by atoms with Crippen LogP contribution in [0.1, 0.15) is 22.8 Å². The summed E-state index contributed by atoms with van der Waals surface area (Å²) in [6.07, 6.45) is -6.80. The predicted molar refractivity (Wildman–Crippen MR) is 94.9 cm³/mol. The zero-order valence-corrected chi connectivity index (χ0v) is 17.2. The van der Waals surface area contributed by atoms with E-state index < -0.39 is 64.1 Å². The van der Waals surface area contributed by atoms with Crippen LogP contribution in [0, 0.1) is 0 Å². The highest BCUT2D eigenvalue weighted by Crippen LogP contribution is 2.50. The normalized spacial score (nSPS) is 28.8. The van der Waals surface area contributed by atoms with Crippen LogP contribution in [0.5, 0.6) is 0 Å². The fourth-order valence-corrected chi connectivity index (χ4v) is 3.88. The van der Waals surface area contributed by atoms with Gasteiger partial charge in [0, 0.05) is 19.4 Å². The van der Waals surface area contributed by atoms with E-state index in [2.05, 4.69) is 4.52 Å². The van der Waals surface area contributed by atoms with Crippen LogP contribution < -0.4 is 11.2 Å². The van der Waals surface area contributed by atoms with Crippen molar-refractivity contribution in [2.45, 2.75) is 44.5 Å².